The Hall–Kier alpha value is -1.10. The molecular formula is C9H7Cl2N3O. The Kier molecular flexibility index (Phi) is 2.90. The molecule has 4 nitrogen and oxygen atoms in total. The number of hydrogen-bond donors (Lipinski definition) is 2. The number of nitrogens with zero attached hydrogens (tertiary/aromatic N) is 2. The van der Waals surface area contributed by atoms with Crippen LogP contribution >= 0.6 is 23.2 Å². The highest BCUT2D eigenvalue weighted by molar-refractivity contribution is 6.33. The van der Waals surface area contributed by atoms with E-state index in [9.17, 15) is 5.11 Å². The number of aliphatic hydroxyl groups is 1. The normalized spacial score (nSPS) is 12.7. The van der Waals surface area contributed by atoms with Gasteiger partial charge in [0.25, 0.3) is 0 Å². The number of hydrogen-bond acceptors (Lipinski definition) is 3. The van der Waals surface area contributed by atoms with Gasteiger partial charge in [-0.3, -0.25) is 0 Å². The first-order valence-electron chi connectivity index (χ1n) is 4.17. The topological polar surface area (TPSA) is 61.8 Å². The summed E-state index contributed by atoms with van der Waals surface area (Å²) in [7, 11) is 0. The van der Waals surface area contributed by atoms with Crippen molar-refractivity contribution in [3.63, 3.8) is 0 Å². The molecule has 0 bridgehead atoms. The molecule has 0 fully saturated rings. The Morgan fingerprint density at radius 2 is 2.13 bits per heavy atom. The van der Waals surface area contributed by atoms with E-state index in [1.54, 1.807) is 18.2 Å². The van der Waals surface area contributed by atoms with E-state index < -0.39 is 6.10 Å². The number of aliphatic hydroxyl groups excluding tert-OH is 1. The Labute approximate surface area is 95.8 Å². The van der Waals surface area contributed by atoms with Crippen LogP contribution < -0.4 is 0 Å². The van der Waals surface area contributed by atoms with Crippen molar-refractivity contribution in [2.45, 2.75) is 6.10 Å². The first-order valence-corrected chi connectivity index (χ1v) is 4.93. The number of H-pyrrole nitrogens is 1. The van der Waals surface area contributed by atoms with Crippen molar-refractivity contribution in [2.24, 2.45) is 0 Å². The van der Waals surface area contributed by atoms with Crippen molar-refractivity contribution in [1.29, 1.82) is 0 Å². The van der Waals surface area contributed by atoms with Crippen LogP contribution in [0.3, 0.4) is 0 Å². The zero-order chi connectivity index (χ0) is 10.8. The summed E-state index contributed by atoms with van der Waals surface area (Å²) in [6.45, 7) is 0. The van der Waals surface area contributed by atoms with Gasteiger partial charge >= 0.3 is 0 Å². The molecule has 0 radical (unpaired) electrons. The zero-order valence-electron chi connectivity index (χ0n) is 7.48. The molecule has 1 aromatic carbocycles. The molecule has 0 aliphatic carbocycles. The maximum absolute atomic E-state index is 9.92. The van der Waals surface area contributed by atoms with Gasteiger partial charge in [-0.15, -0.1) is 0 Å². The van der Waals surface area contributed by atoms with Gasteiger partial charge in [0.05, 0.1) is 6.20 Å². The molecule has 2 rings (SSSR count). The first kappa shape index (κ1) is 10.4. The highest BCUT2D eigenvalue weighted by Crippen LogP contribution is 2.29. The van der Waals surface area contributed by atoms with Gasteiger partial charge in [-0.2, -0.15) is 15.4 Å². The van der Waals surface area contributed by atoms with Crippen LogP contribution in [-0.4, -0.2) is 20.5 Å². The lowest BCUT2D eigenvalue weighted by molar-refractivity contribution is 0.215. The first-order chi connectivity index (χ1) is 7.18. The molecule has 78 valence electrons. The molecule has 2 N–H and O–H groups in total. The molecule has 0 aliphatic rings. The standard InChI is InChI=1S/C9H7Cl2N3O/c10-5-1-2-7(11)6(3-5)9(15)8-4-12-14-13-8/h1-4,9,15H,(H,12,13,14). The Morgan fingerprint density at radius 3 is 2.80 bits per heavy atom. The molecule has 0 spiro atoms. The van der Waals surface area contributed by atoms with Gasteiger partial charge in [0.2, 0.25) is 0 Å². The summed E-state index contributed by atoms with van der Waals surface area (Å²) >= 11 is 11.7. The predicted molar refractivity (Wildman–Crippen MR) is 56.9 cm³/mol. The van der Waals surface area contributed by atoms with E-state index in [1.807, 2.05) is 0 Å². The van der Waals surface area contributed by atoms with Crippen LogP contribution in [0.4, 0.5) is 0 Å². The number of halogens is 2. The molecular weight excluding hydrogens is 237 g/mol. The lowest BCUT2D eigenvalue weighted by Crippen LogP contribution is -2.01. The minimum Gasteiger partial charge on any atom is -0.382 e. The van der Waals surface area contributed by atoms with Crippen molar-refractivity contribution in [1.82, 2.24) is 15.4 Å². The summed E-state index contributed by atoms with van der Waals surface area (Å²) in [5.74, 6) is 0. The van der Waals surface area contributed by atoms with Gasteiger partial charge in [-0.25, -0.2) is 0 Å². The maximum Gasteiger partial charge on any atom is 0.126 e. The number of benzene rings is 1. The van der Waals surface area contributed by atoms with E-state index in [0.29, 0.717) is 21.3 Å². The second kappa shape index (κ2) is 4.18. The number of rotatable bonds is 2. The number of aromatic nitrogens is 3. The minimum atomic E-state index is -0.921. The monoisotopic (exact) mass is 243 g/mol. The average molecular weight is 244 g/mol. The lowest BCUT2D eigenvalue weighted by Gasteiger charge is -2.09. The van der Waals surface area contributed by atoms with Crippen LogP contribution in [0.1, 0.15) is 17.4 Å². The van der Waals surface area contributed by atoms with Crippen molar-refractivity contribution in [2.75, 3.05) is 0 Å². The molecule has 15 heavy (non-hydrogen) atoms. The third-order valence-electron chi connectivity index (χ3n) is 1.97. The van der Waals surface area contributed by atoms with Crippen LogP contribution in [-0.2, 0) is 0 Å². The van der Waals surface area contributed by atoms with E-state index in [0.717, 1.165) is 0 Å². The molecule has 0 saturated carbocycles. The minimum absolute atomic E-state index is 0.402. The molecule has 1 unspecified atom stereocenters. The average Bonchev–Trinajstić information content (AvgIpc) is 2.74. The highest BCUT2D eigenvalue weighted by Gasteiger charge is 2.16. The van der Waals surface area contributed by atoms with Gasteiger partial charge in [0, 0.05) is 15.6 Å². The van der Waals surface area contributed by atoms with E-state index >= 15 is 0 Å². The van der Waals surface area contributed by atoms with E-state index in [2.05, 4.69) is 15.4 Å². The van der Waals surface area contributed by atoms with Crippen LogP contribution in [0.5, 0.6) is 0 Å². The largest absolute Gasteiger partial charge is 0.382 e. The van der Waals surface area contributed by atoms with E-state index in [4.69, 9.17) is 23.2 Å². The molecule has 1 heterocycles. The van der Waals surface area contributed by atoms with Crippen molar-refractivity contribution < 1.29 is 5.11 Å². The van der Waals surface area contributed by atoms with Crippen molar-refractivity contribution in [3.05, 3.63) is 45.7 Å². The summed E-state index contributed by atoms with van der Waals surface area (Å²) in [5, 5.41) is 20.7. The van der Waals surface area contributed by atoms with Crippen LogP contribution in [0.2, 0.25) is 10.0 Å². The summed E-state index contributed by atoms with van der Waals surface area (Å²) in [6, 6.07) is 4.88. The van der Waals surface area contributed by atoms with Gasteiger partial charge in [0.15, 0.2) is 0 Å². The highest BCUT2D eigenvalue weighted by atomic mass is 35.5. The Morgan fingerprint density at radius 1 is 1.33 bits per heavy atom. The zero-order valence-corrected chi connectivity index (χ0v) is 9.00. The van der Waals surface area contributed by atoms with Gasteiger partial charge < -0.3 is 5.11 Å². The van der Waals surface area contributed by atoms with Crippen LogP contribution in [0, 0.1) is 0 Å². The fraction of sp³-hybridized carbons (Fsp3) is 0.111. The summed E-state index contributed by atoms with van der Waals surface area (Å²) in [6.07, 6.45) is 0.511. The van der Waals surface area contributed by atoms with Crippen molar-refractivity contribution in [3.8, 4) is 0 Å². The smallest absolute Gasteiger partial charge is 0.126 e. The summed E-state index contributed by atoms with van der Waals surface area (Å²) < 4.78 is 0. The Bertz CT molecular complexity index is 458. The molecule has 0 aliphatic heterocycles. The summed E-state index contributed by atoms with van der Waals surface area (Å²) in [5.41, 5.74) is 0.914. The van der Waals surface area contributed by atoms with E-state index in [-0.39, 0.29) is 0 Å². The van der Waals surface area contributed by atoms with E-state index in [1.165, 1.54) is 6.20 Å². The quantitative estimate of drug-likeness (QED) is 0.851. The number of nitrogens with one attached hydrogen (secondary N) is 1. The molecule has 1 atom stereocenters. The SMILES string of the molecule is OC(c1cn[nH]n1)c1cc(Cl)ccc1Cl. The van der Waals surface area contributed by atoms with Gasteiger partial charge in [-0.1, -0.05) is 23.2 Å². The third kappa shape index (κ3) is 2.12. The molecule has 1 aromatic heterocycles. The molecule has 0 amide bonds. The molecule has 2 aromatic rings. The lowest BCUT2D eigenvalue weighted by atomic mass is 10.1. The van der Waals surface area contributed by atoms with Gasteiger partial charge in [0.1, 0.15) is 11.8 Å². The molecule has 6 heteroatoms. The second-order valence-corrected chi connectivity index (χ2v) is 3.81. The predicted octanol–water partition coefficient (Wildman–Crippen LogP) is 2.19. The van der Waals surface area contributed by atoms with Crippen LogP contribution in [0.15, 0.2) is 24.4 Å². The van der Waals surface area contributed by atoms with Crippen LogP contribution in [0.25, 0.3) is 0 Å². The second-order valence-electron chi connectivity index (χ2n) is 2.96. The summed E-state index contributed by atoms with van der Waals surface area (Å²) in [4.78, 5) is 0. The van der Waals surface area contributed by atoms with Gasteiger partial charge in [-0.05, 0) is 18.2 Å². The molecule has 0 saturated heterocycles. The Balaban J connectivity index is 2.41. The fourth-order valence-corrected chi connectivity index (χ4v) is 1.63. The fourth-order valence-electron chi connectivity index (χ4n) is 1.23. The number of aromatic amines is 1. The maximum atomic E-state index is 9.92. The third-order valence-corrected chi connectivity index (χ3v) is 2.55. The van der Waals surface area contributed by atoms with Crippen molar-refractivity contribution >= 4 is 23.2 Å².